The first-order chi connectivity index (χ1) is 8.48. The molecule has 1 amide bonds. The quantitative estimate of drug-likeness (QED) is 0.862. The Morgan fingerprint density at radius 1 is 1.17 bits per heavy atom. The van der Waals surface area contributed by atoms with Gasteiger partial charge in [-0.2, -0.15) is 0 Å². The molecule has 0 atom stereocenters. The maximum absolute atomic E-state index is 11.8. The van der Waals surface area contributed by atoms with E-state index >= 15 is 0 Å². The molecule has 2 aromatic rings. The average molecular weight is 306 g/mol. The Bertz CT molecular complexity index is 567. The third kappa shape index (κ3) is 2.91. The van der Waals surface area contributed by atoms with Crippen LogP contribution in [0.1, 0.15) is 19.4 Å². The van der Waals surface area contributed by atoms with Crippen LogP contribution in [0.4, 0.5) is 0 Å². The van der Waals surface area contributed by atoms with Crippen molar-refractivity contribution in [1.82, 2.24) is 5.32 Å². The van der Waals surface area contributed by atoms with E-state index in [1.54, 1.807) is 0 Å². The lowest BCUT2D eigenvalue weighted by molar-refractivity contribution is -0.122. The fraction of sp³-hybridized carbons (Fsp3) is 0.267. The second-order valence-electron chi connectivity index (χ2n) is 4.79. The molecule has 3 heteroatoms. The van der Waals surface area contributed by atoms with Crippen molar-refractivity contribution in [1.29, 1.82) is 0 Å². The minimum atomic E-state index is -0.530. The first-order valence-electron chi connectivity index (χ1n) is 5.92. The molecule has 0 heterocycles. The highest BCUT2D eigenvalue weighted by atomic mass is 79.9. The van der Waals surface area contributed by atoms with Crippen LogP contribution in [0.15, 0.2) is 42.5 Å². The second-order valence-corrected chi connectivity index (χ2v) is 6.78. The molecule has 0 saturated carbocycles. The molecule has 0 unspecified atom stereocenters. The Balaban J connectivity index is 2.20. The van der Waals surface area contributed by atoms with Crippen LogP contribution < -0.4 is 5.32 Å². The molecule has 2 aromatic carbocycles. The fourth-order valence-corrected chi connectivity index (χ4v) is 1.97. The zero-order valence-electron chi connectivity index (χ0n) is 10.5. The van der Waals surface area contributed by atoms with Crippen LogP contribution >= 0.6 is 15.9 Å². The number of rotatable bonds is 3. The van der Waals surface area contributed by atoms with Crippen LogP contribution in [0.5, 0.6) is 0 Å². The molecule has 0 radical (unpaired) electrons. The van der Waals surface area contributed by atoms with Gasteiger partial charge < -0.3 is 5.32 Å². The van der Waals surface area contributed by atoms with Crippen LogP contribution in [0.2, 0.25) is 0 Å². The number of benzene rings is 2. The molecule has 2 nitrogen and oxygen atoms in total. The highest BCUT2D eigenvalue weighted by Crippen LogP contribution is 2.19. The van der Waals surface area contributed by atoms with Gasteiger partial charge in [-0.1, -0.05) is 58.4 Å². The van der Waals surface area contributed by atoms with Gasteiger partial charge in [0.15, 0.2) is 0 Å². The lowest BCUT2D eigenvalue weighted by Crippen LogP contribution is -2.37. The van der Waals surface area contributed by atoms with Gasteiger partial charge in [0, 0.05) is 6.54 Å². The lowest BCUT2D eigenvalue weighted by atomic mass is 10.0. The van der Waals surface area contributed by atoms with Gasteiger partial charge in [0.25, 0.3) is 0 Å². The predicted octanol–water partition coefficient (Wildman–Crippen LogP) is 3.63. The van der Waals surface area contributed by atoms with Gasteiger partial charge in [0.2, 0.25) is 5.91 Å². The van der Waals surface area contributed by atoms with Crippen molar-refractivity contribution in [3.63, 3.8) is 0 Å². The van der Waals surface area contributed by atoms with Gasteiger partial charge in [-0.05, 0) is 30.2 Å². The van der Waals surface area contributed by atoms with Crippen molar-refractivity contribution < 1.29 is 4.79 Å². The van der Waals surface area contributed by atoms with E-state index in [2.05, 4.69) is 39.4 Å². The summed E-state index contributed by atoms with van der Waals surface area (Å²) in [5.41, 5.74) is 1.14. The number of amides is 1. The molecule has 1 N–H and O–H groups in total. The van der Waals surface area contributed by atoms with E-state index in [4.69, 9.17) is 0 Å². The van der Waals surface area contributed by atoms with Gasteiger partial charge in [0.05, 0.1) is 4.32 Å². The number of halogens is 1. The third-order valence-corrected chi connectivity index (χ3v) is 3.22. The molecule has 0 aliphatic rings. The number of carbonyl (C=O) groups is 1. The monoisotopic (exact) mass is 305 g/mol. The van der Waals surface area contributed by atoms with E-state index in [1.165, 1.54) is 10.8 Å². The van der Waals surface area contributed by atoms with Crippen molar-refractivity contribution in [2.75, 3.05) is 0 Å². The smallest absolute Gasteiger partial charge is 0.236 e. The Kier molecular flexibility index (Phi) is 3.71. The first kappa shape index (κ1) is 13.1. The fourth-order valence-electron chi connectivity index (χ4n) is 1.83. The number of fused-ring (bicyclic) bond motifs is 1. The molecule has 94 valence electrons. The summed E-state index contributed by atoms with van der Waals surface area (Å²) < 4.78 is -0.530. The van der Waals surface area contributed by atoms with Gasteiger partial charge in [0.1, 0.15) is 0 Å². The molecule has 0 spiro atoms. The molecule has 0 aromatic heterocycles. The summed E-state index contributed by atoms with van der Waals surface area (Å²) >= 11 is 3.36. The summed E-state index contributed by atoms with van der Waals surface area (Å²) in [4.78, 5) is 11.8. The Labute approximate surface area is 116 Å². The highest BCUT2D eigenvalue weighted by molar-refractivity contribution is 9.10. The Morgan fingerprint density at radius 3 is 2.56 bits per heavy atom. The standard InChI is InChI=1S/C15H16BrNO/c1-15(2,16)14(18)17-10-12-8-5-7-11-6-3-4-9-13(11)12/h3-9H,10H2,1-2H3,(H,17,18). The first-order valence-corrected chi connectivity index (χ1v) is 6.71. The molecule has 18 heavy (non-hydrogen) atoms. The van der Waals surface area contributed by atoms with Gasteiger partial charge in [-0.3, -0.25) is 4.79 Å². The number of alkyl halides is 1. The zero-order valence-corrected chi connectivity index (χ0v) is 12.1. The van der Waals surface area contributed by atoms with Crippen LogP contribution in [0, 0.1) is 0 Å². The largest absolute Gasteiger partial charge is 0.351 e. The molecule has 2 rings (SSSR count). The molecule has 0 saturated heterocycles. The maximum Gasteiger partial charge on any atom is 0.236 e. The normalized spacial score (nSPS) is 11.5. The number of carbonyl (C=O) groups excluding carboxylic acids is 1. The molecular weight excluding hydrogens is 290 g/mol. The number of hydrogen-bond donors (Lipinski definition) is 1. The van der Waals surface area contributed by atoms with Gasteiger partial charge >= 0.3 is 0 Å². The minimum Gasteiger partial charge on any atom is -0.351 e. The van der Waals surface area contributed by atoms with Crippen molar-refractivity contribution in [2.24, 2.45) is 0 Å². The van der Waals surface area contributed by atoms with Crippen LogP contribution in [0.3, 0.4) is 0 Å². The van der Waals surface area contributed by atoms with Crippen LogP contribution in [0.25, 0.3) is 10.8 Å². The minimum absolute atomic E-state index is 0.00423. The van der Waals surface area contributed by atoms with Gasteiger partial charge in [-0.15, -0.1) is 0 Å². The van der Waals surface area contributed by atoms with Crippen LogP contribution in [-0.4, -0.2) is 10.2 Å². The zero-order chi connectivity index (χ0) is 13.2. The second kappa shape index (κ2) is 5.11. The highest BCUT2D eigenvalue weighted by Gasteiger charge is 2.22. The summed E-state index contributed by atoms with van der Waals surface area (Å²) in [6.07, 6.45) is 0. The van der Waals surface area contributed by atoms with E-state index in [0.29, 0.717) is 6.54 Å². The van der Waals surface area contributed by atoms with E-state index in [1.807, 2.05) is 38.1 Å². The summed E-state index contributed by atoms with van der Waals surface area (Å²) in [5, 5.41) is 5.33. The SMILES string of the molecule is CC(C)(Br)C(=O)NCc1cccc2ccccc12. The van der Waals surface area contributed by atoms with E-state index in [-0.39, 0.29) is 5.91 Å². The Hall–Kier alpha value is -1.35. The summed E-state index contributed by atoms with van der Waals surface area (Å²) in [7, 11) is 0. The molecule has 0 aliphatic carbocycles. The van der Waals surface area contributed by atoms with E-state index in [0.717, 1.165) is 5.56 Å². The summed E-state index contributed by atoms with van der Waals surface area (Å²) in [6.45, 7) is 4.23. The topological polar surface area (TPSA) is 29.1 Å². The van der Waals surface area contributed by atoms with Crippen LogP contribution in [-0.2, 0) is 11.3 Å². The predicted molar refractivity (Wildman–Crippen MR) is 78.8 cm³/mol. The summed E-state index contributed by atoms with van der Waals surface area (Å²) in [6, 6.07) is 14.3. The molecule has 0 fully saturated rings. The average Bonchev–Trinajstić information content (AvgIpc) is 2.34. The van der Waals surface area contributed by atoms with Gasteiger partial charge in [-0.25, -0.2) is 0 Å². The van der Waals surface area contributed by atoms with E-state index < -0.39 is 4.32 Å². The van der Waals surface area contributed by atoms with E-state index in [9.17, 15) is 4.79 Å². The van der Waals surface area contributed by atoms with Crippen molar-refractivity contribution in [3.8, 4) is 0 Å². The van der Waals surface area contributed by atoms with Crippen molar-refractivity contribution in [3.05, 3.63) is 48.0 Å². The molecule has 0 bridgehead atoms. The maximum atomic E-state index is 11.8. The molecular formula is C15H16BrNO. The Morgan fingerprint density at radius 2 is 1.83 bits per heavy atom. The lowest BCUT2D eigenvalue weighted by Gasteiger charge is -2.16. The van der Waals surface area contributed by atoms with Crippen molar-refractivity contribution in [2.45, 2.75) is 24.7 Å². The molecule has 0 aliphatic heterocycles. The number of nitrogens with one attached hydrogen (secondary N) is 1. The number of hydrogen-bond acceptors (Lipinski definition) is 1. The summed E-state index contributed by atoms with van der Waals surface area (Å²) in [5.74, 6) is -0.00423. The van der Waals surface area contributed by atoms with Crippen molar-refractivity contribution >= 4 is 32.6 Å². The third-order valence-electron chi connectivity index (χ3n) is 2.86.